The van der Waals surface area contributed by atoms with Crippen LogP contribution in [0.2, 0.25) is 0 Å². The Morgan fingerprint density at radius 3 is 1.97 bits per heavy atom. The molecule has 13 heteroatoms. The summed E-state index contributed by atoms with van der Waals surface area (Å²) in [6.45, 7) is 4.85. The van der Waals surface area contributed by atoms with Crippen LogP contribution in [-0.2, 0) is 11.2 Å². The van der Waals surface area contributed by atoms with Crippen molar-refractivity contribution in [1.82, 2.24) is 0 Å². The number of hydrogen-bond donors (Lipinski definition) is 0. The molecule has 0 saturated heterocycles. The van der Waals surface area contributed by atoms with Crippen molar-refractivity contribution in [3.8, 4) is 5.75 Å². The van der Waals surface area contributed by atoms with E-state index < -0.39 is 48.7 Å². The molecular formula is C19H15F11O2. The lowest BCUT2D eigenvalue weighted by Gasteiger charge is -2.37. The maximum atomic E-state index is 13.8. The highest BCUT2D eigenvalue weighted by Gasteiger charge is 2.86. The SMILES string of the molecule is C=Cc1cc(CCC(F)(F)C(F)(F)C(F)(F)C(F)(F)C(F)(F)F)ccc1OC(=O)/C=C/C. The highest BCUT2D eigenvalue weighted by Crippen LogP contribution is 2.58. The van der Waals surface area contributed by atoms with Gasteiger partial charge in [-0.15, -0.1) is 0 Å². The van der Waals surface area contributed by atoms with Crippen molar-refractivity contribution in [2.24, 2.45) is 0 Å². The summed E-state index contributed by atoms with van der Waals surface area (Å²) in [4.78, 5) is 11.4. The summed E-state index contributed by atoms with van der Waals surface area (Å²) in [6.07, 6.45) is -7.08. The minimum Gasteiger partial charge on any atom is -0.423 e. The van der Waals surface area contributed by atoms with E-state index in [9.17, 15) is 53.1 Å². The molecule has 0 heterocycles. The zero-order valence-corrected chi connectivity index (χ0v) is 16.1. The van der Waals surface area contributed by atoms with Gasteiger partial charge in [-0.1, -0.05) is 24.8 Å². The van der Waals surface area contributed by atoms with Crippen LogP contribution in [0.4, 0.5) is 48.3 Å². The van der Waals surface area contributed by atoms with Crippen LogP contribution in [0.25, 0.3) is 6.08 Å². The molecule has 0 fully saturated rings. The number of ether oxygens (including phenoxy) is 1. The molecule has 2 nitrogen and oxygen atoms in total. The quantitative estimate of drug-likeness (QED) is 0.166. The van der Waals surface area contributed by atoms with Gasteiger partial charge in [0, 0.05) is 18.1 Å². The molecule has 0 spiro atoms. The Morgan fingerprint density at radius 1 is 0.938 bits per heavy atom. The first-order chi connectivity index (χ1) is 14.4. The first-order valence-corrected chi connectivity index (χ1v) is 8.53. The molecule has 32 heavy (non-hydrogen) atoms. The first-order valence-electron chi connectivity index (χ1n) is 8.53. The first kappa shape index (κ1) is 27.4. The lowest BCUT2D eigenvalue weighted by Crippen LogP contribution is -2.66. The smallest absolute Gasteiger partial charge is 0.423 e. The van der Waals surface area contributed by atoms with Crippen molar-refractivity contribution < 1.29 is 57.8 Å². The van der Waals surface area contributed by atoms with E-state index in [-0.39, 0.29) is 16.9 Å². The molecule has 0 aliphatic rings. The van der Waals surface area contributed by atoms with Gasteiger partial charge in [0.25, 0.3) is 0 Å². The summed E-state index contributed by atoms with van der Waals surface area (Å²) in [5, 5.41) is 0. The maximum absolute atomic E-state index is 13.8. The molecule has 1 aromatic carbocycles. The second kappa shape index (κ2) is 9.10. The molecule has 0 aromatic heterocycles. The van der Waals surface area contributed by atoms with Gasteiger partial charge in [-0.3, -0.25) is 0 Å². The normalized spacial score (nSPS) is 14.0. The Kier molecular flexibility index (Phi) is 7.80. The maximum Gasteiger partial charge on any atom is 0.460 e. The van der Waals surface area contributed by atoms with E-state index in [1.165, 1.54) is 13.0 Å². The minimum atomic E-state index is -7.43. The van der Waals surface area contributed by atoms with Crippen LogP contribution in [0.1, 0.15) is 24.5 Å². The fourth-order valence-corrected chi connectivity index (χ4v) is 2.35. The highest BCUT2D eigenvalue weighted by molar-refractivity contribution is 5.84. The predicted octanol–water partition coefficient (Wildman–Crippen LogP) is 6.85. The Bertz CT molecular complexity index is 871. The van der Waals surface area contributed by atoms with Crippen LogP contribution >= 0.6 is 0 Å². The summed E-state index contributed by atoms with van der Waals surface area (Å²) >= 11 is 0. The Hall–Kier alpha value is -2.60. The number of hydrogen-bond acceptors (Lipinski definition) is 2. The molecule has 0 bridgehead atoms. The molecule has 0 amide bonds. The number of rotatable bonds is 9. The van der Waals surface area contributed by atoms with Crippen LogP contribution in [0.3, 0.4) is 0 Å². The van der Waals surface area contributed by atoms with E-state index in [2.05, 4.69) is 6.58 Å². The molecule has 0 saturated carbocycles. The average molecular weight is 484 g/mol. The average Bonchev–Trinajstić information content (AvgIpc) is 2.66. The van der Waals surface area contributed by atoms with E-state index >= 15 is 0 Å². The van der Waals surface area contributed by atoms with E-state index in [0.29, 0.717) is 0 Å². The molecule has 0 aliphatic heterocycles. The molecule has 180 valence electrons. The molecule has 0 radical (unpaired) electrons. The summed E-state index contributed by atoms with van der Waals surface area (Å²) in [5.41, 5.74) is -0.225. The fraction of sp³-hybridized carbons (Fsp3) is 0.421. The van der Waals surface area contributed by atoms with Crippen molar-refractivity contribution in [3.05, 3.63) is 48.1 Å². The molecule has 0 N–H and O–H groups in total. The van der Waals surface area contributed by atoms with Gasteiger partial charge in [0.2, 0.25) is 0 Å². The summed E-state index contributed by atoms with van der Waals surface area (Å²) in [5.74, 6) is -28.8. The van der Waals surface area contributed by atoms with Crippen LogP contribution < -0.4 is 4.74 Å². The lowest BCUT2D eigenvalue weighted by atomic mass is 9.93. The third kappa shape index (κ3) is 5.07. The van der Waals surface area contributed by atoms with E-state index in [0.717, 1.165) is 30.4 Å². The van der Waals surface area contributed by atoms with Gasteiger partial charge in [0.15, 0.2) is 0 Å². The molecule has 1 rings (SSSR count). The second-order valence-electron chi connectivity index (χ2n) is 6.42. The molecule has 0 aliphatic carbocycles. The molecule has 0 atom stereocenters. The third-order valence-corrected chi connectivity index (χ3v) is 4.14. The summed E-state index contributed by atoms with van der Waals surface area (Å²) in [7, 11) is 0. The van der Waals surface area contributed by atoms with E-state index in [4.69, 9.17) is 4.74 Å². The van der Waals surface area contributed by atoms with Gasteiger partial charge < -0.3 is 4.74 Å². The predicted molar refractivity (Wildman–Crippen MR) is 91.1 cm³/mol. The zero-order chi connectivity index (χ0) is 25.2. The Labute approximate surface area is 174 Å². The number of alkyl halides is 11. The minimum absolute atomic E-state index is 0.00404. The van der Waals surface area contributed by atoms with Crippen molar-refractivity contribution in [2.45, 2.75) is 49.6 Å². The molecular weight excluding hydrogens is 469 g/mol. The number of carbonyl (C=O) groups is 1. The Morgan fingerprint density at radius 2 is 1.50 bits per heavy atom. The zero-order valence-electron chi connectivity index (χ0n) is 16.1. The van der Waals surface area contributed by atoms with Gasteiger partial charge in [0.1, 0.15) is 5.75 Å². The molecule has 1 aromatic rings. The van der Waals surface area contributed by atoms with Gasteiger partial charge in [-0.25, -0.2) is 4.79 Å². The standard InChI is InChI=1S/C19H15F11O2/c1-3-5-14(31)32-13-7-6-11(10-12(13)4-2)8-9-15(20,21)16(22,23)17(24,25)18(26,27)19(28,29)30/h3-7,10H,2,8-9H2,1H3/b5-3+. The number of aryl methyl sites for hydroxylation is 1. The van der Waals surface area contributed by atoms with Crippen molar-refractivity contribution in [1.29, 1.82) is 0 Å². The second-order valence-corrected chi connectivity index (χ2v) is 6.42. The topological polar surface area (TPSA) is 26.3 Å². The van der Waals surface area contributed by atoms with Crippen molar-refractivity contribution >= 4 is 12.0 Å². The lowest BCUT2D eigenvalue weighted by molar-refractivity contribution is -0.422. The molecule has 0 unspecified atom stereocenters. The van der Waals surface area contributed by atoms with Gasteiger partial charge in [-0.05, 0) is 31.0 Å². The number of carbonyl (C=O) groups excluding carboxylic acids is 1. The fourth-order valence-electron chi connectivity index (χ4n) is 2.35. The summed E-state index contributed by atoms with van der Waals surface area (Å²) < 4.78 is 148. The van der Waals surface area contributed by atoms with Crippen molar-refractivity contribution in [2.75, 3.05) is 0 Å². The number of benzene rings is 1. The number of halogens is 11. The van der Waals surface area contributed by atoms with Gasteiger partial charge in [-0.2, -0.15) is 48.3 Å². The Balaban J connectivity index is 3.14. The third-order valence-electron chi connectivity index (χ3n) is 4.14. The largest absolute Gasteiger partial charge is 0.460 e. The van der Waals surface area contributed by atoms with E-state index in [1.54, 1.807) is 0 Å². The van der Waals surface area contributed by atoms with Crippen molar-refractivity contribution in [3.63, 3.8) is 0 Å². The van der Waals surface area contributed by atoms with Gasteiger partial charge in [0.05, 0.1) is 0 Å². The van der Waals surface area contributed by atoms with Crippen LogP contribution in [0.5, 0.6) is 5.75 Å². The van der Waals surface area contributed by atoms with E-state index in [1.807, 2.05) is 0 Å². The number of esters is 1. The number of allylic oxidation sites excluding steroid dienone is 1. The summed E-state index contributed by atoms with van der Waals surface area (Å²) in [6, 6.07) is 3.01. The highest BCUT2D eigenvalue weighted by atomic mass is 19.4. The van der Waals surface area contributed by atoms with Gasteiger partial charge >= 0.3 is 35.8 Å². The van der Waals surface area contributed by atoms with Crippen LogP contribution in [-0.4, -0.2) is 35.8 Å². The monoisotopic (exact) mass is 484 g/mol. The van der Waals surface area contributed by atoms with Crippen LogP contribution in [0.15, 0.2) is 36.9 Å². The van der Waals surface area contributed by atoms with Crippen LogP contribution in [0, 0.1) is 0 Å².